The molecule has 2 aromatic carbocycles. The number of nitriles is 1. The minimum absolute atomic E-state index is 0.129. The van der Waals surface area contributed by atoms with Crippen LogP contribution in [0.15, 0.2) is 47.4 Å². The van der Waals surface area contributed by atoms with Crippen molar-refractivity contribution in [2.45, 2.75) is 49.1 Å². The molecule has 0 saturated heterocycles. The van der Waals surface area contributed by atoms with Gasteiger partial charge in [0.1, 0.15) is 5.82 Å². The van der Waals surface area contributed by atoms with Crippen LogP contribution in [0.2, 0.25) is 0 Å². The minimum atomic E-state index is -3.68. The zero-order valence-electron chi connectivity index (χ0n) is 14.9. The predicted octanol–water partition coefficient (Wildman–Crippen LogP) is 3.34. The molecule has 27 heavy (non-hydrogen) atoms. The largest absolute Gasteiger partial charge is 0.390 e. The fourth-order valence-corrected chi connectivity index (χ4v) is 4.62. The number of halogens is 1. The Morgan fingerprint density at radius 1 is 1.19 bits per heavy atom. The predicted molar refractivity (Wildman–Crippen MR) is 99.8 cm³/mol. The van der Waals surface area contributed by atoms with E-state index in [1.165, 1.54) is 24.3 Å². The van der Waals surface area contributed by atoms with Gasteiger partial charge in [-0.2, -0.15) is 5.26 Å². The number of rotatable bonds is 4. The molecule has 0 unspecified atom stereocenters. The van der Waals surface area contributed by atoms with Crippen molar-refractivity contribution in [2.24, 2.45) is 0 Å². The second-order valence-corrected chi connectivity index (χ2v) is 8.93. The molecule has 1 aliphatic carbocycles. The first-order valence-corrected chi connectivity index (χ1v) is 10.2. The quantitative estimate of drug-likeness (QED) is 0.841. The highest BCUT2D eigenvalue weighted by Gasteiger charge is 2.31. The van der Waals surface area contributed by atoms with Gasteiger partial charge in [0.15, 0.2) is 0 Å². The molecule has 0 aliphatic heterocycles. The topological polar surface area (TPSA) is 90.2 Å². The number of nitrogens with zero attached hydrogens (tertiary/aromatic N) is 1. The summed E-state index contributed by atoms with van der Waals surface area (Å²) < 4.78 is 41.2. The van der Waals surface area contributed by atoms with Gasteiger partial charge in [0.2, 0.25) is 10.0 Å². The minimum Gasteiger partial charge on any atom is -0.390 e. The van der Waals surface area contributed by atoms with Crippen LogP contribution in [0.5, 0.6) is 0 Å². The van der Waals surface area contributed by atoms with E-state index in [4.69, 9.17) is 5.26 Å². The van der Waals surface area contributed by atoms with Crippen LogP contribution in [-0.2, 0) is 10.0 Å². The number of benzene rings is 2. The van der Waals surface area contributed by atoms with Crippen molar-refractivity contribution in [3.8, 4) is 17.2 Å². The van der Waals surface area contributed by atoms with Gasteiger partial charge in [-0.3, -0.25) is 0 Å². The summed E-state index contributed by atoms with van der Waals surface area (Å²) >= 11 is 0. The summed E-state index contributed by atoms with van der Waals surface area (Å²) in [5.41, 5.74) is 0.652. The summed E-state index contributed by atoms with van der Waals surface area (Å²) in [6.07, 6.45) is 2.29. The maximum absolute atomic E-state index is 13.3. The lowest BCUT2D eigenvalue weighted by Crippen LogP contribution is -2.42. The highest BCUT2D eigenvalue weighted by atomic mass is 32.2. The van der Waals surface area contributed by atoms with Crippen LogP contribution in [-0.4, -0.2) is 25.2 Å². The maximum Gasteiger partial charge on any atom is 0.240 e. The standard InChI is InChI=1S/C20H21FN2O3S/c1-20(24)10-8-17(9-11-20)23-27(25,26)18-5-2-14(3-6-18)19-7-4-16(21)12-15(19)13-22/h2-7,12,17,23-24H,8-11H2,1H3/t17-,20-. The maximum atomic E-state index is 13.3. The van der Waals surface area contributed by atoms with E-state index in [1.54, 1.807) is 19.1 Å². The van der Waals surface area contributed by atoms with Crippen LogP contribution in [0, 0.1) is 17.1 Å². The van der Waals surface area contributed by atoms with E-state index in [0.29, 0.717) is 36.8 Å². The molecule has 3 rings (SSSR count). The Bertz CT molecular complexity index is 969. The third-order valence-corrected chi connectivity index (χ3v) is 6.50. The van der Waals surface area contributed by atoms with Gasteiger partial charge in [-0.05, 0) is 68.0 Å². The van der Waals surface area contributed by atoms with Crippen LogP contribution >= 0.6 is 0 Å². The van der Waals surface area contributed by atoms with E-state index in [0.717, 1.165) is 6.07 Å². The molecule has 1 aliphatic rings. The van der Waals surface area contributed by atoms with Gasteiger partial charge < -0.3 is 5.11 Å². The van der Waals surface area contributed by atoms with Gasteiger partial charge in [0.25, 0.3) is 0 Å². The zero-order chi connectivity index (χ0) is 19.7. The first-order valence-electron chi connectivity index (χ1n) is 8.75. The van der Waals surface area contributed by atoms with E-state index in [9.17, 15) is 17.9 Å². The Hall–Kier alpha value is -2.27. The van der Waals surface area contributed by atoms with Crippen LogP contribution < -0.4 is 4.72 Å². The molecule has 0 heterocycles. The van der Waals surface area contributed by atoms with Crippen molar-refractivity contribution in [3.05, 3.63) is 53.8 Å². The molecule has 0 spiro atoms. The average molecular weight is 388 g/mol. The lowest BCUT2D eigenvalue weighted by Gasteiger charge is -2.33. The molecule has 142 valence electrons. The van der Waals surface area contributed by atoms with Gasteiger partial charge >= 0.3 is 0 Å². The molecule has 7 heteroatoms. The van der Waals surface area contributed by atoms with Crippen molar-refractivity contribution in [2.75, 3.05) is 0 Å². The molecule has 0 amide bonds. The summed E-state index contributed by atoms with van der Waals surface area (Å²) in [7, 11) is -3.68. The Kier molecular flexibility index (Phi) is 5.33. The molecule has 5 nitrogen and oxygen atoms in total. The number of aliphatic hydroxyl groups is 1. The first kappa shape index (κ1) is 19.5. The Labute approximate surface area is 158 Å². The van der Waals surface area contributed by atoms with Gasteiger partial charge in [-0.15, -0.1) is 0 Å². The second kappa shape index (κ2) is 7.39. The molecule has 0 aromatic heterocycles. The van der Waals surface area contributed by atoms with Crippen LogP contribution in [0.1, 0.15) is 38.2 Å². The van der Waals surface area contributed by atoms with Gasteiger partial charge in [-0.1, -0.05) is 18.2 Å². The van der Waals surface area contributed by atoms with Crippen LogP contribution in [0.25, 0.3) is 11.1 Å². The van der Waals surface area contributed by atoms with Gasteiger partial charge in [0.05, 0.1) is 22.1 Å². The van der Waals surface area contributed by atoms with Crippen molar-refractivity contribution in [3.63, 3.8) is 0 Å². The van der Waals surface area contributed by atoms with Crippen molar-refractivity contribution in [1.82, 2.24) is 4.72 Å². The molecule has 0 bridgehead atoms. The number of hydrogen-bond acceptors (Lipinski definition) is 4. The lowest BCUT2D eigenvalue weighted by molar-refractivity contribution is 0.0163. The van der Waals surface area contributed by atoms with Crippen LogP contribution in [0.3, 0.4) is 0 Å². The summed E-state index contributed by atoms with van der Waals surface area (Å²) in [6, 6.07) is 11.8. The Morgan fingerprint density at radius 3 is 2.41 bits per heavy atom. The fourth-order valence-electron chi connectivity index (χ4n) is 3.32. The lowest BCUT2D eigenvalue weighted by atomic mass is 9.84. The van der Waals surface area contributed by atoms with E-state index in [2.05, 4.69) is 4.72 Å². The molecule has 2 aromatic rings. The van der Waals surface area contributed by atoms with E-state index in [1.807, 2.05) is 6.07 Å². The summed E-state index contributed by atoms with van der Waals surface area (Å²) in [5, 5.41) is 19.1. The molecule has 1 fully saturated rings. The summed E-state index contributed by atoms with van der Waals surface area (Å²) in [4.78, 5) is 0.129. The molecule has 1 saturated carbocycles. The van der Waals surface area contributed by atoms with Crippen molar-refractivity contribution < 1.29 is 17.9 Å². The van der Waals surface area contributed by atoms with Crippen molar-refractivity contribution >= 4 is 10.0 Å². The van der Waals surface area contributed by atoms with Crippen LogP contribution in [0.4, 0.5) is 4.39 Å². The van der Waals surface area contributed by atoms with Gasteiger partial charge in [-0.25, -0.2) is 17.5 Å². The third kappa shape index (κ3) is 4.53. The van der Waals surface area contributed by atoms with E-state index < -0.39 is 21.4 Å². The van der Waals surface area contributed by atoms with Crippen molar-refractivity contribution in [1.29, 1.82) is 5.26 Å². The second-order valence-electron chi connectivity index (χ2n) is 7.22. The Balaban J connectivity index is 1.78. The zero-order valence-corrected chi connectivity index (χ0v) is 15.8. The molecule has 0 atom stereocenters. The highest BCUT2D eigenvalue weighted by Crippen LogP contribution is 2.29. The summed E-state index contributed by atoms with van der Waals surface area (Å²) in [5.74, 6) is -0.495. The Morgan fingerprint density at radius 2 is 1.81 bits per heavy atom. The normalized spacial score (nSPS) is 23.0. The number of hydrogen-bond donors (Lipinski definition) is 2. The molecule has 2 N–H and O–H groups in total. The van der Waals surface area contributed by atoms with E-state index >= 15 is 0 Å². The smallest absolute Gasteiger partial charge is 0.240 e. The number of sulfonamides is 1. The SMILES string of the molecule is C[C@]1(O)CC[C@H](NS(=O)(=O)c2ccc(-c3ccc(F)cc3C#N)cc2)CC1. The third-order valence-electron chi connectivity index (χ3n) is 4.96. The first-order chi connectivity index (χ1) is 12.7. The molecular formula is C20H21FN2O3S. The highest BCUT2D eigenvalue weighted by molar-refractivity contribution is 7.89. The average Bonchev–Trinajstić information content (AvgIpc) is 2.63. The number of nitrogens with one attached hydrogen (secondary N) is 1. The fraction of sp³-hybridized carbons (Fsp3) is 0.350. The monoisotopic (exact) mass is 388 g/mol. The van der Waals surface area contributed by atoms with E-state index in [-0.39, 0.29) is 16.5 Å². The summed E-state index contributed by atoms with van der Waals surface area (Å²) in [6.45, 7) is 1.77. The molecular weight excluding hydrogens is 367 g/mol. The van der Waals surface area contributed by atoms with Gasteiger partial charge in [0, 0.05) is 6.04 Å². The molecule has 0 radical (unpaired) electrons.